The molecule has 3 rings (SSSR count). The number of aromatic amines is 1. The summed E-state index contributed by atoms with van der Waals surface area (Å²) in [6, 6.07) is 5.19. The highest BCUT2D eigenvalue weighted by Crippen LogP contribution is 2.13. The van der Waals surface area contributed by atoms with E-state index in [4.69, 9.17) is 17.0 Å². The molecule has 1 aromatic carbocycles. The molecule has 2 N–H and O–H groups in total. The molecule has 1 fully saturated rings. The molecule has 2 heterocycles. The zero-order valence-corrected chi connectivity index (χ0v) is 16.7. The van der Waals surface area contributed by atoms with E-state index < -0.39 is 0 Å². The molecule has 27 heavy (non-hydrogen) atoms. The fourth-order valence-electron chi connectivity index (χ4n) is 3.33. The van der Waals surface area contributed by atoms with Crippen LogP contribution in [0.5, 0.6) is 0 Å². The Labute approximate surface area is 163 Å². The molecule has 0 spiro atoms. The van der Waals surface area contributed by atoms with Crippen LogP contribution < -0.4 is 10.5 Å². The van der Waals surface area contributed by atoms with Gasteiger partial charge in [-0.3, -0.25) is 14.2 Å². The van der Waals surface area contributed by atoms with Crippen molar-refractivity contribution in [3.8, 4) is 0 Å². The predicted octanol–water partition coefficient (Wildman–Crippen LogP) is 0.456. The van der Waals surface area contributed by atoms with Crippen LogP contribution >= 0.6 is 12.2 Å². The summed E-state index contributed by atoms with van der Waals surface area (Å²) >= 11 is 5.36. The van der Waals surface area contributed by atoms with Crippen molar-refractivity contribution in [3.63, 3.8) is 0 Å². The number of rotatable bonds is 6. The van der Waals surface area contributed by atoms with Crippen LogP contribution in [0.15, 0.2) is 23.0 Å². The van der Waals surface area contributed by atoms with Crippen molar-refractivity contribution in [2.75, 3.05) is 46.4 Å². The summed E-state index contributed by atoms with van der Waals surface area (Å²) in [7, 11) is 2.14. The lowest BCUT2D eigenvalue weighted by Crippen LogP contribution is -3.12. The molecule has 0 saturated carbocycles. The first-order valence-electron chi connectivity index (χ1n) is 9.46. The summed E-state index contributed by atoms with van der Waals surface area (Å²) in [5.74, 6) is 0.00427. The molecule has 1 saturated heterocycles. The van der Waals surface area contributed by atoms with Gasteiger partial charge in [-0.25, -0.2) is 0 Å². The van der Waals surface area contributed by atoms with Gasteiger partial charge in [-0.15, -0.1) is 0 Å². The number of carbonyl (C=O) groups is 1. The highest BCUT2D eigenvalue weighted by molar-refractivity contribution is 7.71. The van der Waals surface area contributed by atoms with E-state index in [0.717, 1.165) is 32.6 Å². The molecule has 146 valence electrons. The van der Waals surface area contributed by atoms with Crippen LogP contribution in [0.4, 0.5) is 0 Å². The molecule has 1 aliphatic heterocycles. The van der Waals surface area contributed by atoms with E-state index in [0.29, 0.717) is 41.0 Å². The largest absolute Gasteiger partial charge is 0.382 e. The second-order valence-electron chi connectivity index (χ2n) is 6.95. The van der Waals surface area contributed by atoms with Crippen LogP contribution in [0, 0.1) is 4.77 Å². The first kappa shape index (κ1) is 19.7. The van der Waals surface area contributed by atoms with E-state index >= 15 is 0 Å². The molecule has 2 aromatic rings. The number of benzene rings is 1. The minimum Gasteiger partial charge on any atom is -0.382 e. The van der Waals surface area contributed by atoms with Gasteiger partial charge < -0.3 is 19.5 Å². The lowest BCUT2D eigenvalue weighted by molar-refractivity contribution is -0.883. The smallest absolute Gasteiger partial charge is 0.262 e. The Bertz CT molecular complexity index is 929. The number of nitrogens with zero attached hydrogens (tertiary/aromatic N) is 2. The Morgan fingerprint density at radius 2 is 2.07 bits per heavy atom. The van der Waals surface area contributed by atoms with Gasteiger partial charge in [-0.05, 0) is 43.8 Å². The fourth-order valence-corrected chi connectivity index (χ4v) is 3.62. The minimum atomic E-state index is -0.132. The number of amides is 1. The summed E-state index contributed by atoms with van der Waals surface area (Å²) in [6.07, 6.45) is 0.721. The first-order chi connectivity index (χ1) is 13.0. The molecule has 0 atom stereocenters. The third-order valence-corrected chi connectivity index (χ3v) is 5.33. The van der Waals surface area contributed by atoms with E-state index in [9.17, 15) is 9.59 Å². The molecule has 1 aromatic heterocycles. The van der Waals surface area contributed by atoms with Gasteiger partial charge in [0.15, 0.2) is 4.77 Å². The normalized spacial score (nSPS) is 15.4. The summed E-state index contributed by atoms with van der Waals surface area (Å²) in [4.78, 5) is 32.0. The summed E-state index contributed by atoms with van der Waals surface area (Å²) in [5.41, 5.74) is 1.06. The molecule has 0 radical (unpaired) electrons. The maximum Gasteiger partial charge on any atom is 0.262 e. The maximum atomic E-state index is 12.8. The number of nitrogens with one attached hydrogen (secondary N) is 2. The topological polar surface area (TPSA) is 71.8 Å². The Hall–Kier alpha value is -2.03. The summed E-state index contributed by atoms with van der Waals surface area (Å²) in [6.45, 7) is 7.11. The Morgan fingerprint density at radius 1 is 1.33 bits per heavy atom. The lowest BCUT2D eigenvalue weighted by Gasteiger charge is -2.30. The number of hydrogen-bond donors (Lipinski definition) is 2. The monoisotopic (exact) mass is 391 g/mol. The average Bonchev–Trinajstić information content (AvgIpc) is 2.67. The van der Waals surface area contributed by atoms with E-state index in [1.165, 1.54) is 4.90 Å². The van der Waals surface area contributed by atoms with Crippen molar-refractivity contribution in [1.29, 1.82) is 0 Å². The molecular weight excluding hydrogens is 364 g/mol. The number of hydrogen-bond acceptors (Lipinski definition) is 4. The number of quaternary nitrogens is 1. The number of ether oxygens (including phenoxy) is 1. The first-order valence-corrected chi connectivity index (χ1v) is 9.87. The van der Waals surface area contributed by atoms with Crippen LogP contribution in [0.3, 0.4) is 0 Å². The van der Waals surface area contributed by atoms with Gasteiger partial charge in [0.1, 0.15) is 0 Å². The molecule has 7 nitrogen and oxygen atoms in total. The molecule has 0 aliphatic carbocycles. The second-order valence-corrected chi connectivity index (χ2v) is 7.33. The van der Waals surface area contributed by atoms with Crippen LogP contribution in [-0.2, 0) is 11.3 Å². The zero-order valence-electron chi connectivity index (χ0n) is 15.9. The summed E-state index contributed by atoms with van der Waals surface area (Å²) < 4.78 is 7.25. The molecule has 0 bridgehead atoms. The second kappa shape index (κ2) is 8.77. The molecule has 1 amide bonds. The maximum absolute atomic E-state index is 12.8. The average molecular weight is 392 g/mol. The number of piperazine rings is 1. The van der Waals surface area contributed by atoms with Crippen molar-refractivity contribution in [2.24, 2.45) is 0 Å². The van der Waals surface area contributed by atoms with Gasteiger partial charge in [0, 0.05) is 25.3 Å². The van der Waals surface area contributed by atoms with Gasteiger partial charge in [0.05, 0.1) is 44.1 Å². The van der Waals surface area contributed by atoms with Crippen LogP contribution in [0.1, 0.15) is 23.7 Å². The van der Waals surface area contributed by atoms with Crippen molar-refractivity contribution in [1.82, 2.24) is 14.5 Å². The van der Waals surface area contributed by atoms with Crippen molar-refractivity contribution < 1.29 is 14.4 Å². The third kappa shape index (κ3) is 4.45. The van der Waals surface area contributed by atoms with E-state index in [2.05, 4.69) is 12.0 Å². The lowest BCUT2D eigenvalue weighted by atomic mass is 10.1. The SMILES string of the molecule is CCOCCCn1c(=S)[nH]c2cc(C(=O)N3CC[NH+](C)CC3)ccc2c1=O. The van der Waals surface area contributed by atoms with Crippen LogP contribution in [0.2, 0.25) is 0 Å². The van der Waals surface area contributed by atoms with Gasteiger partial charge >= 0.3 is 0 Å². The van der Waals surface area contributed by atoms with E-state index in [1.54, 1.807) is 22.8 Å². The molecule has 1 aliphatic rings. The molecular formula is C19H27N4O3S+. The van der Waals surface area contributed by atoms with Gasteiger partial charge in [0.25, 0.3) is 11.5 Å². The van der Waals surface area contributed by atoms with Crippen molar-refractivity contribution in [2.45, 2.75) is 19.9 Å². The standard InChI is InChI=1S/C19H26N4O3S/c1-3-26-12-4-7-23-18(25)15-6-5-14(13-16(15)20-19(23)27)17(24)22-10-8-21(2)9-11-22/h5-6,13H,3-4,7-12H2,1-2H3,(H,20,27)/p+1. The van der Waals surface area contributed by atoms with Gasteiger partial charge in [-0.1, -0.05) is 0 Å². The van der Waals surface area contributed by atoms with E-state index in [1.807, 2.05) is 11.8 Å². The number of carbonyl (C=O) groups excluding carboxylic acids is 1. The van der Waals surface area contributed by atoms with Crippen LogP contribution in [0.25, 0.3) is 10.9 Å². The van der Waals surface area contributed by atoms with Crippen molar-refractivity contribution >= 4 is 29.0 Å². The Morgan fingerprint density at radius 3 is 2.78 bits per heavy atom. The Kier molecular flexibility index (Phi) is 6.41. The minimum absolute atomic E-state index is 0.00427. The zero-order chi connectivity index (χ0) is 19.4. The quantitative estimate of drug-likeness (QED) is 0.554. The van der Waals surface area contributed by atoms with Gasteiger partial charge in [0.2, 0.25) is 0 Å². The van der Waals surface area contributed by atoms with Crippen molar-refractivity contribution in [3.05, 3.63) is 38.9 Å². The molecule has 0 unspecified atom stereocenters. The number of fused-ring (bicyclic) bond motifs is 1. The number of H-pyrrole nitrogens is 1. The molecule has 8 heteroatoms. The van der Waals surface area contributed by atoms with E-state index in [-0.39, 0.29) is 11.5 Å². The third-order valence-electron chi connectivity index (χ3n) is 5.01. The number of likely N-dealkylation sites (N-methyl/N-ethyl adjacent to an activating group) is 1. The summed E-state index contributed by atoms with van der Waals surface area (Å²) in [5, 5.41) is 0.541. The highest BCUT2D eigenvalue weighted by Gasteiger charge is 2.22. The predicted molar refractivity (Wildman–Crippen MR) is 107 cm³/mol. The highest BCUT2D eigenvalue weighted by atomic mass is 32.1. The number of aromatic nitrogens is 2. The Balaban J connectivity index is 1.84. The van der Waals surface area contributed by atoms with Crippen LogP contribution in [-0.4, -0.2) is 66.8 Å². The van der Waals surface area contributed by atoms with Gasteiger partial charge in [-0.2, -0.15) is 0 Å². The fraction of sp³-hybridized carbons (Fsp3) is 0.526.